The first-order valence-corrected chi connectivity index (χ1v) is 8.37. The molecule has 4 nitrogen and oxygen atoms in total. The quantitative estimate of drug-likeness (QED) is 0.811. The highest BCUT2D eigenvalue weighted by Crippen LogP contribution is 2.44. The minimum absolute atomic E-state index is 0.0617. The summed E-state index contributed by atoms with van der Waals surface area (Å²) in [7, 11) is -2.91. The third kappa shape index (κ3) is 2.25. The molecule has 2 aliphatic heterocycles. The molecule has 1 aliphatic carbocycles. The van der Waals surface area contributed by atoms with E-state index < -0.39 is 9.84 Å². The lowest BCUT2D eigenvalue weighted by atomic mass is 9.75. The van der Waals surface area contributed by atoms with Crippen molar-refractivity contribution in [1.29, 1.82) is 0 Å². The molecule has 0 aromatic carbocycles. The molecule has 3 fully saturated rings. The van der Waals surface area contributed by atoms with E-state index in [2.05, 4.69) is 5.32 Å². The van der Waals surface area contributed by atoms with Crippen LogP contribution in [0.1, 0.15) is 32.1 Å². The van der Waals surface area contributed by atoms with Crippen molar-refractivity contribution in [3.63, 3.8) is 0 Å². The van der Waals surface area contributed by atoms with E-state index in [0.717, 1.165) is 32.4 Å². The van der Waals surface area contributed by atoms with Crippen LogP contribution in [0.15, 0.2) is 0 Å². The highest BCUT2D eigenvalue weighted by atomic mass is 32.2. The van der Waals surface area contributed by atoms with Gasteiger partial charge in [-0.25, -0.2) is 8.42 Å². The lowest BCUT2D eigenvalue weighted by Gasteiger charge is -2.47. The second-order valence-electron chi connectivity index (χ2n) is 5.85. The van der Waals surface area contributed by atoms with Crippen LogP contribution in [0.4, 0.5) is 0 Å². The molecule has 0 aromatic rings. The summed E-state index contributed by atoms with van der Waals surface area (Å²) in [6, 6.07) is 0. The van der Waals surface area contributed by atoms with Gasteiger partial charge in [0.15, 0.2) is 9.84 Å². The average Bonchev–Trinajstić information content (AvgIpc) is 2.22. The van der Waals surface area contributed by atoms with E-state index in [1.807, 2.05) is 0 Å². The monoisotopic (exact) mass is 259 g/mol. The molecule has 0 bridgehead atoms. The molecular formula is C12H21NO3S. The fraction of sp³-hybridized carbons (Fsp3) is 1.00. The van der Waals surface area contributed by atoms with E-state index in [1.165, 1.54) is 6.42 Å². The molecule has 1 spiro atoms. The first-order valence-electron chi connectivity index (χ1n) is 6.66. The van der Waals surface area contributed by atoms with Gasteiger partial charge in [-0.15, -0.1) is 0 Å². The summed E-state index contributed by atoms with van der Waals surface area (Å²) in [5.41, 5.74) is -0.0617. The van der Waals surface area contributed by atoms with Crippen molar-refractivity contribution in [2.75, 3.05) is 25.4 Å². The summed E-state index contributed by atoms with van der Waals surface area (Å²) in [5, 5.41) is 2.99. The highest BCUT2D eigenvalue weighted by Gasteiger charge is 2.46. The number of hydrogen-bond donors (Lipinski definition) is 1. The molecule has 1 saturated carbocycles. The van der Waals surface area contributed by atoms with E-state index in [0.29, 0.717) is 24.7 Å². The first kappa shape index (κ1) is 11.9. The first-order chi connectivity index (χ1) is 8.10. The summed E-state index contributed by atoms with van der Waals surface area (Å²) >= 11 is 0. The maximum absolute atomic E-state index is 12.3. The Morgan fingerprint density at radius 2 is 2.06 bits per heavy atom. The highest BCUT2D eigenvalue weighted by molar-refractivity contribution is 7.92. The van der Waals surface area contributed by atoms with Crippen LogP contribution >= 0.6 is 0 Å². The lowest BCUT2D eigenvalue weighted by molar-refractivity contribution is -0.125. The SMILES string of the molecule is O=S(=O)(CC1CNC1)C1CCOC2(CCC2)C1. The van der Waals surface area contributed by atoms with Gasteiger partial charge >= 0.3 is 0 Å². The smallest absolute Gasteiger partial charge is 0.153 e. The summed E-state index contributed by atoms with van der Waals surface area (Å²) in [4.78, 5) is 0. The van der Waals surface area contributed by atoms with Gasteiger partial charge in [0.25, 0.3) is 0 Å². The van der Waals surface area contributed by atoms with Crippen molar-refractivity contribution < 1.29 is 13.2 Å². The molecule has 2 heterocycles. The Bertz CT molecular complexity index is 385. The molecule has 2 saturated heterocycles. The van der Waals surface area contributed by atoms with Gasteiger partial charge in [0.05, 0.1) is 16.6 Å². The molecule has 1 unspecified atom stereocenters. The zero-order valence-electron chi connectivity index (χ0n) is 10.2. The van der Waals surface area contributed by atoms with Crippen LogP contribution in [0.3, 0.4) is 0 Å². The normalized spacial score (nSPS) is 33.1. The van der Waals surface area contributed by atoms with E-state index in [1.54, 1.807) is 0 Å². The van der Waals surface area contributed by atoms with Crippen LogP contribution in [0.5, 0.6) is 0 Å². The molecular weight excluding hydrogens is 238 g/mol. The maximum Gasteiger partial charge on any atom is 0.153 e. The van der Waals surface area contributed by atoms with Gasteiger partial charge in [-0.1, -0.05) is 0 Å². The fourth-order valence-corrected chi connectivity index (χ4v) is 5.32. The number of ether oxygens (including phenoxy) is 1. The predicted molar refractivity (Wildman–Crippen MR) is 65.7 cm³/mol. The van der Waals surface area contributed by atoms with Gasteiger partial charge in [-0.05, 0) is 38.0 Å². The van der Waals surface area contributed by atoms with Crippen molar-refractivity contribution >= 4 is 9.84 Å². The van der Waals surface area contributed by atoms with Crippen LogP contribution in [-0.2, 0) is 14.6 Å². The van der Waals surface area contributed by atoms with Gasteiger partial charge in [-0.3, -0.25) is 0 Å². The largest absolute Gasteiger partial charge is 0.375 e. The van der Waals surface area contributed by atoms with Crippen LogP contribution in [0, 0.1) is 5.92 Å². The summed E-state index contributed by atoms with van der Waals surface area (Å²) in [6.07, 6.45) is 4.76. The number of nitrogens with one attached hydrogen (secondary N) is 1. The van der Waals surface area contributed by atoms with E-state index >= 15 is 0 Å². The Labute approximate surface area is 103 Å². The lowest BCUT2D eigenvalue weighted by Crippen LogP contribution is -2.51. The van der Waals surface area contributed by atoms with E-state index in [4.69, 9.17) is 4.74 Å². The maximum atomic E-state index is 12.3. The Morgan fingerprint density at radius 1 is 1.29 bits per heavy atom. The number of sulfone groups is 1. The Kier molecular flexibility index (Phi) is 2.96. The zero-order valence-corrected chi connectivity index (χ0v) is 11.0. The van der Waals surface area contributed by atoms with E-state index in [-0.39, 0.29) is 10.9 Å². The van der Waals surface area contributed by atoms with Crippen molar-refractivity contribution in [3.8, 4) is 0 Å². The van der Waals surface area contributed by atoms with Gasteiger partial charge in [0.2, 0.25) is 0 Å². The number of rotatable bonds is 3. The molecule has 3 rings (SSSR count). The summed E-state index contributed by atoms with van der Waals surface area (Å²) < 4.78 is 30.5. The second kappa shape index (κ2) is 4.21. The molecule has 1 N–H and O–H groups in total. The van der Waals surface area contributed by atoms with Gasteiger partial charge in [-0.2, -0.15) is 0 Å². The van der Waals surface area contributed by atoms with Crippen molar-refractivity contribution in [2.24, 2.45) is 5.92 Å². The topological polar surface area (TPSA) is 55.4 Å². The molecule has 1 atom stereocenters. The van der Waals surface area contributed by atoms with Crippen LogP contribution in [0.25, 0.3) is 0 Å². The number of hydrogen-bond acceptors (Lipinski definition) is 4. The Hall–Kier alpha value is -0.130. The molecule has 0 amide bonds. The second-order valence-corrected chi connectivity index (χ2v) is 8.18. The molecule has 3 aliphatic rings. The third-order valence-corrected chi connectivity index (χ3v) is 6.91. The molecule has 0 aromatic heterocycles. The summed E-state index contributed by atoms with van der Waals surface area (Å²) in [6.45, 7) is 2.37. The molecule has 0 radical (unpaired) electrons. The average molecular weight is 259 g/mol. The van der Waals surface area contributed by atoms with E-state index in [9.17, 15) is 8.42 Å². The standard InChI is InChI=1S/C12H21NO3S/c14-17(15,9-10-7-13-8-10)11-2-5-16-12(6-11)3-1-4-12/h10-11,13H,1-9H2. The molecule has 17 heavy (non-hydrogen) atoms. The zero-order chi connectivity index (χ0) is 11.9. The van der Waals surface area contributed by atoms with Gasteiger partial charge in [0.1, 0.15) is 0 Å². The third-order valence-electron chi connectivity index (χ3n) is 4.55. The van der Waals surface area contributed by atoms with Gasteiger partial charge < -0.3 is 10.1 Å². The van der Waals surface area contributed by atoms with Crippen molar-refractivity contribution in [1.82, 2.24) is 5.32 Å². The molecule has 5 heteroatoms. The Balaban J connectivity index is 1.65. The molecule has 98 valence electrons. The van der Waals surface area contributed by atoms with Crippen molar-refractivity contribution in [2.45, 2.75) is 43.0 Å². The van der Waals surface area contributed by atoms with Crippen molar-refractivity contribution in [3.05, 3.63) is 0 Å². The predicted octanol–water partition coefficient (Wildman–Crippen LogP) is 0.722. The minimum Gasteiger partial charge on any atom is -0.375 e. The van der Waals surface area contributed by atoms with Crippen LogP contribution in [0.2, 0.25) is 0 Å². The van der Waals surface area contributed by atoms with Crippen LogP contribution in [-0.4, -0.2) is 44.7 Å². The van der Waals surface area contributed by atoms with Crippen LogP contribution < -0.4 is 5.32 Å². The fourth-order valence-electron chi connectivity index (χ4n) is 3.14. The van der Waals surface area contributed by atoms with Gasteiger partial charge in [0, 0.05) is 19.7 Å². The summed E-state index contributed by atoms with van der Waals surface area (Å²) in [5.74, 6) is 0.723. The minimum atomic E-state index is -2.91. The Morgan fingerprint density at radius 3 is 2.59 bits per heavy atom.